The summed E-state index contributed by atoms with van der Waals surface area (Å²) in [6.45, 7) is 4.66. The summed E-state index contributed by atoms with van der Waals surface area (Å²) in [6, 6.07) is 1.72. The fourth-order valence-corrected chi connectivity index (χ4v) is 5.43. The molecule has 0 bridgehead atoms. The third-order valence-electron chi connectivity index (χ3n) is 4.04. The third kappa shape index (κ3) is 5.36. The summed E-state index contributed by atoms with van der Waals surface area (Å²) in [6.07, 6.45) is -1.33. The molecular weight excluding hydrogens is 487 g/mol. The van der Waals surface area contributed by atoms with Gasteiger partial charge in [-0.25, -0.2) is 22.6 Å². The Balaban J connectivity index is 2.09. The van der Waals surface area contributed by atoms with Gasteiger partial charge in [-0.05, 0) is 26.8 Å². The number of benzene rings is 1. The highest BCUT2D eigenvalue weighted by Gasteiger charge is 2.39. The standard InChI is InChI=1S/C18H21FN2O8S3/c1-18(2,3)28-17(22)21(16-9-30-10-20-16)32(25,26)15-8-14-11(7-12(15)19)13(5-6-27-14)29-31(4,23)24/h7-10,13H,5-6H2,1-4H3/t13-/m1/s1. The van der Waals surface area contributed by atoms with Crippen LogP contribution in [-0.2, 0) is 29.1 Å². The van der Waals surface area contributed by atoms with Crippen molar-refractivity contribution in [1.82, 2.24) is 4.98 Å². The van der Waals surface area contributed by atoms with Crippen LogP contribution in [0.25, 0.3) is 0 Å². The molecular formula is C18H21FN2O8S3. The number of aromatic nitrogens is 1. The first-order chi connectivity index (χ1) is 14.7. The lowest BCUT2D eigenvalue weighted by Gasteiger charge is -2.28. The van der Waals surface area contributed by atoms with Crippen molar-refractivity contribution in [2.45, 2.75) is 43.8 Å². The fraction of sp³-hybridized carbons (Fsp3) is 0.444. The zero-order valence-corrected chi connectivity index (χ0v) is 20.0. The minimum Gasteiger partial charge on any atom is -0.493 e. The Labute approximate surface area is 189 Å². The lowest BCUT2D eigenvalue weighted by Crippen LogP contribution is -2.41. The summed E-state index contributed by atoms with van der Waals surface area (Å²) in [5.41, 5.74) is 0.312. The first-order valence-corrected chi connectivity index (χ1v) is 13.4. The Morgan fingerprint density at radius 2 is 1.97 bits per heavy atom. The van der Waals surface area contributed by atoms with Crippen LogP contribution in [0.2, 0.25) is 0 Å². The van der Waals surface area contributed by atoms with Gasteiger partial charge in [-0.15, -0.1) is 15.6 Å². The fourth-order valence-electron chi connectivity index (χ4n) is 2.89. The van der Waals surface area contributed by atoms with E-state index in [2.05, 4.69) is 4.98 Å². The number of rotatable bonds is 5. The second kappa shape index (κ2) is 8.57. The second-order valence-corrected chi connectivity index (χ2v) is 11.9. The molecule has 0 radical (unpaired) electrons. The molecule has 14 heteroatoms. The van der Waals surface area contributed by atoms with E-state index in [0.717, 1.165) is 29.7 Å². The van der Waals surface area contributed by atoms with Gasteiger partial charge in [-0.2, -0.15) is 8.42 Å². The van der Waals surface area contributed by atoms with Crippen molar-refractivity contribution in [2.24, 2.45) is 0 Å². The predicted molar refractivity (Wildman–Crippen MR) is 113 cm³/mol. The van der Waals surface area contributed by atoms with Crippen LogP contribution in [0.5, 0.6) is 5.75 Å². The van der Waals surface area contributed by atoms with Gasteiger partial charge < -0.3 is 9.47 Å². The van der Waals surface area contributed by atoms with E-state index >= 15 is 4.39 Å². The highest BCUT2D eigenvalue weighted by Crippen LogP contribution is 2.39. The second-order valence-electron chi connectivity index (χ2n) is 7.84. The average Bonchev–Trinajstić information content (AvgIpc) is 3.12. The van der Waals surface area contributed by atoms with E-state index in [-0.39, 0.29) is 34.5 Å². The molecule has 3 rings (SSSR count). The van der Waals surface area contributed by atoms with E-state index < -0.39 is 48.7 Å². The molecule has 176 valence electrons. The normalized spacial score (nSPS) is 16.7. The highest BCUT2D eigenvalue weighted by molar-refractivity contribution is 7.93. The molecule has 0 aliphatic carbocycles. The van der Waals surface area contributed by atoms with Gasteiger partial charge in [0.05, 0.1) is 18.4 Å². The average molecular weight is 509 g/mol. The summed E-state index contributed by atoms with van der Waals surface area (Å²) >= 11 is 1.03. The van der Waals surface area contributed by atoms with E-state index in [1.807, 2.05) is 0 Å². The van der Waals surface area contributed by atoms with Gasteiger partial charge in [0.15, 0.2) is 5.82 Å². The van der Waals surface area contributed by atoms with Crippen LogP contribution in [0.4, 0.5) is 15.0 Å². The molecule has 10 nitrogen and oxygen atoms in total. The van der Waals surface area contributed by atoms with E-state index in [0.29, 0.717) is 0 Å². The molecule has 2 aromatic rings. The molecule has 0 saturated carbocycles. The number of thiazole rings is 1. The van der Waals surface area contributed by atoms with E-state index in [9.17, 15) is 21.6 Å². The molecule has 0 fully saturated rings. The monoisotopic (exact) mass is 508 g/mol. The van der Waals surface area contributed by atoms with Crippen molar-refractivity contribution in [2.75, 3.05) is 17.2 Å². The zero-order chi connectivity index (χ0) is 23.9. The van der Waals surface area contributed by atoms with Gasteiger partial charge >= 0.3 is 6.09 Å². The van der Waals surface area contributed by atoms with Gasteiger partial charge in [-0.1, -0.05) is 0 Å². The van der Waals surface area contributed by atoms with Gasteiger partial charge in [0.25, 0.3) is 20.1 Å². The minimum absolute atomic E-state index is 0.0141. The lowest BCUT2D eigenvalue weighted by atomic mass is 10.0. The number of fused-ring (bicyclic) bond motifs is 1. The number of amides is 1. The van der Waals surface area contributed by atoms with E-state index in [1.54, 1.807) is 20.8 Å². The molecule has 0 N–H and O–H groups in total. The first kappa shape index (κ1) is 24.4. The number of hydrogen-bond donors (Lipinski definition) is 0. The van der Waals surface area contributed by atoms with Crippen LogP contribution in [0.3, 0.4) is 0 Å². The third-order valence-corrected chi connectivity index (χ3v) is 6.89. The quantitative estimate of drug-likeness (QED) is 0.559. The van der Waals surface area contributed by atoms with Crippen molar-refractivity contribution in [3.8, 4) is 5.75 Å². The lowest BCUT2D eigenvalue weighted by molar-refractivity contribution is 0.0608. The van der Waals surface area contributed by atoms with Crippen LogP contribution in [0.15, 0.2) is 27.9 Å². The molecule has 0 saturated heterocycles. The van der Waals surface area contributed by atoms with E-state index in [4.69, 9.17) is 13.7 Å². The number of ether oxygens (including phenoxy) is 2. The maximum absolute atomic E-state index is 15.0. The van der Waals surface area contributed by atoms with Crippen molar-refractivity contribution in [1.29, 1.82) is 0 Å². The van der Waals surface area contributed by atoms with Gasteiger partial charge in [0.2, 0.25) is 0 Å². The summed E-state index contributed by atoms with van der Waals surface area (Å²) in [5.74, 6) is -1.56. The Hall–Kier alpha value is -2.29. The summed E-state index contributed by atoms with van der Waals surface area (Å²) in [4.78, 5) is 15.7. The number of anilines is 1. The van der Waals surface area contributed by atoms with Crippen LogP contribution >= 0.6 is 11.3 Å². The number of carbonyl (C=O) groups excluding carboxylic acids is 1. The topological polar surface area (TPSA) is 129 Å². The maximum atomic E-state index is 15.0. The summed E-state index contributed by atoms with van der Waals surface area (Å²) in [7, 11) is -8.69. The molecule has 2 heterocycles. The number of carbonyl (C=O) groups is 1. The van der Waals surface area contributed by atoms with Crippen LogP contribution in [-0.4, -0.2) is 46.4 Å². The smallest absolute Gasteiger partial charge is 0.430 e. The molecule has 1 aromatic heterocycles. The number of halogens is 1. The van der Waals surface area contributed by atoms with Gasteiger partial charge in [0, 0.05) is 23.4 Å². The first-order valence-electron chi connectivity index (χ1n) is 9.20. The maximum Gasteiger partial charge on any atom is 0.430 e. The Kier molecular flexibility index (Phi) is 6.52. The van der Waals surface area contributed by atoms with Crippen molar-refractivity contribution in [3.05, 3.63) is 34.4 Å². The zero-order valence-electron chi connectivity index (χ0n) is 17.6. The van der Waals surface area contributed by atoms with Gasteiger partial charge in [0.1, 0.15) is 28.2 Å². The molecule has 1 aromatic carbocycles. The Morgan fingerprint density at radius 3 is 2.53 bits per heavy atom. The molecule has 0 unspecified atom stereocenters. The molecule has 1 aliphatic heterocycles. The van der Waals surface area contributed by atoms with Crippen LogP contribution < -0.4 is 9.04 Å². The summed E-state index contributed by atoms with van der Waals surface area (Å²) in [5, 5.41) is 1.30. The molecule has 0 spiro atoms. The SMILES string of the molecule is CC(C)(C)OC(=O)N(c1cscn1)S(=O)(=O)c1cc2c(cc1F)[C@H](OS(C)(=O)=O)CCO2. The molecule has 1 atom stereocenters. The Bertz CT molecular complexity index is 1220. The predicted octanol–water partition coefficient (Wildman–Crippen LogP) is 3.21. The van der Waals surface area contributed by atoms with Crippen LogP contribution in [0, 0.1) is 5.82 Å². The largest absolute Gasteiger partial charge is 0.493 e. The molecule has 32 heavy (non-hydrogen) atoms. The van der Waals surface area contributed by atoms with Gasteiger partial charge in [-0.3, -0.25) is 4.18 Å². The number of hydrogen-bond acceptors (Lipinski definition) is 10. The van der Waals surface area contributed by atoms with E-state index in [1.165, 1.54) is 10.9 Å². The van der Waals surface area contributed by atoms with Crippen molar-refractivity contribution >= 4 is 43.4 Å². The molecule has 1 aliphatic rings. The van der Waals surface area contributed by atoms with Crippen LogP contribution in [0.1, 0.15) is 38.9 Å². The van der Waals surface area contributed by atoms with Crippen molar-refractivity contribution < 1.29 is 39.7 Å². The number of nitrogens with zero attached hydrogens (tertiary/aromatic N) is 2. The van der Waals surface area contributed by atoms with Crippen molar-refractivity contribution in [3.63, 3.8) is 0 Å². The summed E-state index contributed by atoms with van der Waals surface area (Å²) < 4.78 is 80.6. The molecule has 1 amide bonds. The highest BCUT2D eigenvalue weighted by atomic mass is 32.2. The Morgan fingerprint density at radius 1 is 1.28 bits per heavy atom. The minimum atomic E-state index is -4.82. The number of sulfonamides is 1.